The van der Waals surface area contributed by atoms with Crippen molar-refractivity contribution < 1.29 is 29.4 Å². The average molecular weight is 539 g/mol. The minimum Gasteiger partial charge on any atom is -0.549 e. The van der Waals surface area contributed by atoms with Crippen LogP contribution in [0.1, 0.15) is 68.4 Å². The van der Waals surface area contributed by atoms with Gasteiger partial charge in [0.2, 0.25) is 11.6 Å². The molecule has 0 saturated carbocycles. The Morgan fingerprint density at radius 2 is 1.03 bits per heavy atom. The van der Waals surface area contributed by atoms with Crippen LogP contribution in [0.5, 0.6) is 0 Å². The Morgan fingerprint density at radius 3 is 1.33 bits per heavy atom. The van der Waals surface area contributed by atoms with Crippen molar-refractivity contribution in [2.24, 2.45) is 14.1 Å². The van der Waals surface area contributed by atoms with Gasteiger partial charge in [0.1, 0.15) is 0 Å². The number of aromatic nitrogens is 4. The van der Waals surface area contributed by atoms with E-state index in [1.165, 1.54) is 0 Å². The van der Waals surface area contributed by atoms with Crippen LogP contribution in [-0.2, 0) is 36.8 Å². The Bertz CT molecular complexity index is 1460. The molecule has 4 aromatic rings. The number of nitrogens with zero attached hydrogens (tertiary/aromatic N) is 4. The van der Waals surface area contributed by atoms with Crippen LogP contribution < -0.4 is 10.2 Å². The fourth-order valence-electron chi connectivity index (χ4n) is 5.42. The van der Waals surface area contributed by atoms with Gasteiger partial charge in [0.25, 0.3) is 0 Å². The van der Waals surface area contributed by atoms with Crippen LogP contribution in [0.2, 0.25) is 0 Å². The number of carbonyl (C=O) groups is 4. The summed E-state index contributed by atoms with van der Waals surface area (Å²) in [6.45, 7) is 1.10. The average Bonchev–Trinajstić information content (AvgIpc) is 3.68. The molecule has 2 aliphatic heterocycles. The number of ketones is 2. The Labute approximate surface area is 240 Å². The summed E-state index contributed by atoms with van der Waals surface area (Å²) in [6, 6.07) is 13.9. The third-order valence-corrected chi connectivity index (χ3v) is 7.41. The zero-order valence-electron chi connectivity index (χ0n) is 21.7. The van der Waals surface area contributed by atoms with E-state index < -0.39 is 23.8 Å². The molecule has 0 saturated heterocycles. The van der Waals surface area contributed by atoms with Gasteiger partial charge >= 0.3 is 23.1 Å². The first-order valence-corrected chi connectivity index (χ1v) is 12.3. The minimum atomic E-state index is -1.07. The van der Waals surface area contributed by atoms with Crippen molar-refractivity contribution in [2.75, 3.05) is 0 Å². The first-order chi connectivity index (χ1) is 18.2. The van der Waals surface area contributed by atoms with Crippen molar-refractivity contribution in [3.63, 3.8) is 0 Å². The molecule has 0 aromatic carbocycles. The number of aliphatic carboxylic acids is 2. The van der Waals surface area contributed by atoms with Crippen LogP contribution in [0.25, 0.3) is 0 Å². The first-order valence-electron chi connectivity index (χ1n) is 12.3. The topological polar surface area (TPSA) is 134 Å². The van der Waals surface area contributed by atoms with Gasteiger partial charge in [-0.25, -0.2) is 0 Å². The van der Waals surface area contributed by atoms with Crippen LogP contribution >= 0.6 is 0 Å². The smallest absolute Gasteiger partial charge is 0.549 e. The van der Waals surface area contributed by atoms with Crippen LogP contribution in [0, 0.1) is 0 Å². The minimum absolute atomic E-state index is 0. The summed E-state index contributed by atoms with van der Waals surface area (Å²) in [5.74, 6) is -3.52. The van der Waals surface area contributed by atoms with Gasteiger partial charge in [-0.05, 0) is 61.4 Å². The maximum atomic E-state index is 12.4. The Balaban J connectivity index is 0.000000176. The largest absolute Gasteiger partial charge is 2.00 e. The zero-order valence-corrected chi connectivity index (χ0v) is 23.1. The molecular formula is C28H26MgN4O6. The molecule has 0 radical (unpaired) electrons. The van der Waals surface area contributed by atoms with Gasteiger partial charge in [-0.3, -0.25) is 9.59 Å². The maximum Gasteiger partial charge on any atom is 2.00 e. The molecule has 0 bridgehead atoms. The molecule has 6 rings (SSSR count). The second kappa shape index (κ2) is 11.1. The van der Waals surface area contributed by atoms with Gasteiger partial charge in [0.05, 0.1) is 34.7 Å². The van der Waals surface area contributed by atoms with E-state index >= 15 is 0 Å². The van der Waals surface area contributed by atoms with Crippen molar-refractivity contribution in [2.45, 2.75) is 37.8 Å². The second-order valence-electron chi connectivity index (χ2n) is 9.58. The normalized spacial score (nSPS) is 17.0. The maximum absolute atomic E-state index is 12.4. The molecular weight excluding hydrogens is 513 g/mol. The van der Waals surface area contributed by atoms with Crippen molar-refractivity contribution in [3.8, 4) is 0 Å². The summed E-state index contributed by atoms with van der Waals surface area (Å²) < 4.78 is 7.09. The number of aryl methyl sites for hydroxylation is 2. The zero-order chi connectivity index (χ0) is 27.1. The predicted octanol–water partition coefficient (Wildman–Crippen LogP) is 0.209. The summed E-state index contributed by atoms with van der Waals surface area (Å²) in [4.78, 5) is 46.9. The third-order valence-electron chi connectivity index (χ3n) is 7.41. The van der Waals surface area contributed by atoms with Gasteiger partial charge < -0.3 is 38.1 Å². The Hall–Kier alpha value is -3.83. The first kappa shape index (κ1) is 28.2. The van der Waals surface area contributed by atoms with E-state index in [0.717, 1.165) is 0 Å². The molecule has 10 nitrogen and oxygen atoms in total. The molecule has 11 heteroatoms. The van der Waals surface area contributed by atoms with E-state index in [2.05, 4.69) is 0 Å². The monoisotopic (exact) mass is 538 g/mol. The van der Waals surface area contributed by atoms with E-state index in [0.29, 0.717) is 60.1 Å². The standard InChI is InChI=1S/2C14H14N2O3.Mg/c2*1-15-7-2-3-11(15)13(17)12-5-4-10-9(14(18)19)6-8-16(10)12;/h2*2-5,7,9H,6,8H2,1H3,(H,18,19);/q;;+2/p-2. The van der Waals surface area contributed by atoms with Crippen molar-refractivity contribution in [1.82, 2.24) is 18.3 Å². The number of carboxylic acid groups (broad SMARTS) is 2. The van der Waals surface area contributed by atoms with E-state index in [1.54, 1.807) is 54.7 Å². The van der Waals surface area contributed by atoms with Crippen LogP contribution in [0.3, 0.4) is 0 Å². The van der Waals surface area contributed by atoms with Crippen molar-refractivity contribution in [3.05, 3.63) is 95.1 Å². The number of rotatable bonds is 6. The summed E-state index contributed by atoms with van der Waals surface area (Å²) in [5, 5.41) is 22.0. The van der Waals surface area contributed by atoms with Crippen molar-refractivity contribution in [1.29, 1.82) is 0 Å². The Kier molecular flexibility index (Phi) is 8.03. The number of hydrogen-bond donors (Lipinski definition) is 0. The molecule has 4 aromatic heterocycles. The van der Waals surface area contributed by atoms with Gasteiger partial charge in [-0.1, -0.05) is 0 Å². The van der Waals surface area contributed by atoms with Crippen molar-refractivity contribution >= 4 is 46.6 Å². The van der Waals surface area contributed by atoms with E-state index in [1.807, 2.05) is 38.6 Å². The van der Waals surface area contributed by atoms with Crippen LogP contribution in [-0.4, -0.2) is 64.8 Å². The summed E-state index contributed by atoms with van der Waals surface area (Å²) in [5.41, 5.74) is 3.60. The molecule has 6 heterocycles. The molecule has 39 heavy (non-hydrogen) atoms. The molecule has 196 valence electrons. The van der Waals surface area contributed by atoms with Crippen LogP contribution in [0.4, 0.5) is 0 Å². The number of carboxylic acids is 2. The second-order valence-corrected chi connectivity index (χ2v) is 9.58. The SMILES string of the molecule is Cn1cccc1C(=O)c1ccc2n1CCC2C(=O)[O-].Cn1cccc1C(=O)c1ccc2n1CCC2C(=O)[O-].[Mg+2]. The van der Waals surface area contributed by atoms with Gasteiger partial charge in [-0.2, -0.15) is 0 Å². The molecule has 0 fully saturated rings. The Morgan fingerprint density at radius 1 is 0.641 bits per heavy atom. The molecule has 0 aliphatic carbocycles. The third kappa shape index (κ3) is 4.99. The molecule has 2 aliphatic rings. The molecule has 0 N–H and O–H groups in total. The summed E-state index contributed by atoms with van der Waals surface area (Å²) >= 11 is 0. The fourth-order valence-corrected chi connectivity index (χ4v) is 5.42. The van der Waals surface area contributed by atoms with E-state index in [9.17, 15) is 29.4 Å². The molecule has 2 atom stereocenters. The molecule has 0 amide bonds. The van der Waals surface area contributed by atoms with E-state index in [-0.39, 0.29) is 34.6 Å². The number of fused-ring (bicyclic) bond motifs is 2. The van der Waals surface area contributed by atoms with E-state index in [4.69, 9.17) is 0 Å². The van der Waals surface area contributed by atoms with Gasteiger partial charge in [-0.15, -0.1) is 0 Å². The quantitative estimate of drug-likeness (QED) is 0.254. The number of carbonyl (C=O) groups excluding carboxylic acids is 4. The number of hydrogen-bond acceptors (Lipinski definition) is 6. The fraction of sp³-hybridized carbons (Fsp3) is 0.286. The predicted molar refractivity (Wildman–Crippen MR) is 137 cm³/mol. The summed E-state index contributed by atoms with van der Waals surface area (Å²) in [6.07, 6.45) is 4.61. The molecule has 0 spiro atoms. The van der Waals surface area contributed by atoms with Gasteiger partial charge in [0.15, 0.2) is 0 Å². The van der Waals surface area contributed by atoms with Crippen LogP contribution in [0.15, 0.2) is 60.9 Å². The summed E-state index contributed by atoms with van der Waals surface area (Å²) in [7, 11) is 3.62. The van der Waals surface area contributed by atoms with Gasteiger partial charge in [0, 0.05) is 62.8 Å². The molecule has 2 unspecified atom stereocenters.